The van der Waals surface area contributed by atoms with Crippen molar-refractivity contribution in [2.45, 2.75) is 14.9 Å². The Morgan fingerprint density at radius 1 is 0.861 bits per heavy atom. The van der Waals surface area contributed by atoms with E-state index in [1.54, 1.807) is 6.26 Å². The Labute approximate surface area is 209 Å². The van der Waals surface area contributed by atoms with Gasteiger partial charge in [0, 0.05) is 6.07 Å². The van der Waals surface area contributed by atoms with E-state index in [4.69, 9.17) is 20.8 Å². The van der Waals surface area contributed by atoms with Crippen LogP contribution in [0.2, 0.25) is 0 Å². The molecule has 0 bridgehead atoms. The first-order valence-corrected chi connectivity index (χ1v) is 13.5. The Kier molecular flexibility index (Phi) is 7.84. The molecule has 18 heteroatoms. The van der Waals surface area contributed by atoms with Gasteiger partial charge in [0.05, 0.1) is 17.7 Å². The molecule has 3 aromatic rings. The van der Waals surface area contributed by atoms with Gasteiger partial charge in [0.15, 0.2) is 22.5 Å². The van der Waals surface area contributed by atoms with Gasteiger partial charge in [-0.15, -0.1) is 15.3 Å². The molecule has 3 rings (SSSR count). The molecule has 0 spiro atoms. The number of rotatable bonds is 8. The molecule has 0 aliphatic carbocycles. The molecule has 0 amide bonds. The largest absolute Gasteiger partial charge is 0.494 e. The van der Waals surface area contributed by atoms with Crippen molar-refractivity contribution in [2.24, 2.45) is 20.5 Å². The van der Waals surface area contributed by atoms with Gasteiger partial charge in [0.25, 0.3) is 20.2 Å². The molecule has 0 atom stereocenters. The molecule has 6 N–H and O–H groups in total. The Balaban J connectivity index is 2.05. The highest BCUT2D eigenvalue weighted by Crippen LogP contribution is 2.39. The molecular formula is C18H18N8O7S3. The molecule has 0 radical (unpaired) electrons. The van der Waals surface area contributed by atoms with Gasteiger partial charge in [0.2, 0.25) is 0 Å². The number of hydrogen-bond acceptors (Lipinski definition) is 14. The second-order valence-corrected chi connectivity index (χ2v) is 10.3. The number of azo groups is 2. The smallest absolute Gasteiger partial charge is 0.296 e. The minimum atomic E-state index is -4.82. The fourth-order valence-electron chi connectivity index (χ4n) is 2.63. The van der Waals surface area contributed by atoms with Gasteiger partial charge >= 0.3 is 0 Å². The fraction of sp³-hybridized carbons (Fsp3) is 0.111. The summed E-state index contributed by atoms with van der Waals surface area (Å²) in [4.78, 5) is 6.94. The van der Waals surface area contributed by atoms with E-state index in [-0.39, 0.29) is 45.0 Å². The van der Waals surface area contributed by atoms with E-state index in [0.717, 1.165) is 24.3 Å². The molecule has 1 heterocycles. The Morgan fingerprint density at radius 2 is 1.44 bits per heavy atom. The molecule has 0 saturated heterocycles. The van der Waals surface area contributed by atoms with E-state index in [1.807, 2.05) is 0 Å². The molecule has 0 saturated carbocycles. The van der Waals surface area contributed by atoms with E-state index < -0.39 is 25.1 Å². The van der Waals surface area contributed by atoms with Crippen LogP contribution >= 0.6 is 11.8 Å². The van der Waals surface area contributed by atoms with Gasteiger partial charge in [-0.25, -0.2) is 9.97 Å². The average molecular weight is 555 g/mol. The number of benzene rings is 2. The van der Waals surface area contributed by atoms with E-state index in [2.05, 4.69) is 30.4 Å². The highest BCUT2D eigenvalue weighted by molar-refractivity contribution is 7.98. The summed E-state index contributed by atoms with van der Waals surface area (Å²) in [5, 5.41) is 15.7. The molecule has 0 aliphatic rings. The van der Waals surface area contributed by atoms with Crippen molar-refractivity contribution in [3.63, 3.8) is 0 Å². The van der Waals surface area contributed by atoms with Crippen molar-refractivity contribution in [3.8, 4) is 5.75 Å². The highest BCUT2D eigenvalue weighted by atomic mass is 32.2. The second kappa shape index (κ2) is 10.5. The van der Waals surface area contributed by atoms with Crippen LogP contribution in [-0.2, 0) is 20.2 Å². The average Bonchev–Trinajstić information content (AvgIpc) is 2.81. The number of nitrogens with two attached hydrogens (primary N) is 2. The Bertz CT molecular complexity index is 1550. The zero-order valence-electron chi connectivity index (χ0n) is 18.5. The van der Waals surface area contributed by atoms with Crippen LogP contribution in [0.15, 0.2) is 71.8 Å². The Morgan fingerprint density at radius 3 is 1.94 bits per heavy atom. The standard InChI is InChI=1S/C18H18N8O7S3/c1-33-13-7-12(25-26-15-16(19)21-18(34-2)22-17(15)20)14(36(30,31)32)8-11(13)24-23-9-3-5-10(6-4-9)35(27,28)29/h3-8H,1-2H3,(H,27,28,29)(H,30,31,32)(H4,19,20,21,22)/b24-23+,26-25+. The lowest BCUT2D eigenvalue weighted by molar-refractivity contribution is 0.415. The summed E-state index contributed by atoms with van der Waals surface area (Å²) in [6.45, 7) is 0. The normalized spacial score (nSPS) is 12.4. The second-order valence-electron chi connectivity index (χ2n) is 6.67. The van der Waals surface area contributed by atoms with Crippen LogP contribution in [0.3, 0.4) is 0 Å². The van der Waals surface area contributed by atoms with Gasteiger partial charge in [-0.05, 0) is 36.6 Å². The van der Waals surface area contributed by atoms with Crippen LogP contribution in [0.1, 0.15) is 0 Å². The van der Waals surface area contributed by atoms with Crippen LogP contribution in [-0.4, -0.2) is 49.3 Å². The van der Waals surface area contributed by atoms with Crippen LogP contribution in [0.4, 0.5) is 34.4 Å². The first-order chi connectivity index (χ1) is 16.8. The molecule has 1 aromatic heterocycles. The molecule has 2 aromatic carbocycles. The van der Waals surface area contributed by atoms with E-state index >= 15 is 0 Å². The monoisotopic (exact) mass is 554 g/mol. The van der Waals surface area contributed by atoms with Crippen LogP contribution < -0.4 is 16.2 Å². The third-order valence-electron chi connectivity index (χ3n) is 4.30. The number of ether oxygens (including phenoxy) is 1. The van der Waals surface area contributed by atoms with Gasteiger partial charge < -0.3 is 16.2 Å². The lowest BCUT2D eigenvalue weighted by Gasteiger charge is -2.09. The van der Waals surface area contributed by atoms with Crippen molar-refractivity contribution >= 4 is 66.4 Å². The third kappa shape index (κ3) is 6.29. The number of thioether (sulfide) groups is 1. The summed E-state index contributed by atoms with van der Waals surface area (Å²) >= 11 is 1.20. The minimum absolute atomic E-state index is 0.00424. The summed E-state index contributed by atoms with van der Waals surface area (Å²) < 4.78 is 70.3. The predicted molar refractivity (Wildman–Crippen MR) is 130 cm³/mol. The number of anilines is 2. The lowest BCUT2D eigenvalue weighted by Crippen LogP contribution is -2.01. The third-order valence-corrected chi connectivity index (χ3v) is 6.60. The van der Waals surface area contributed by atoms with Gasteiger partial charge in [0.1, 0.15) is 22.0 Å². The maximum atomic E-state index is 12.0. The Hall–Kier alpha value is -3.71. The minimum Gasteiger partial charge on any atom is -0.494 e. The van der Waals surface area contributed by atoms with Crippen molar-refractivity contribution in [3.05, 3.63) is 36.4 Å². The van der Waals surface area contributed by atoms with Gasteiger partial charge in [-0.3, -0.25) is 9.11 Å². The quantitative estimate of drug-likeness (QED) is 0.135. The van der Waals surface area contributed by atoms with Crippen LogP contribution in [0.25, 0.3) is 0 Å². The molecule has 15 nitrogen and oxygen atoms in total. The molecular weight excluding hydrogens is 536 g/mol. The van der Waals surface area contributed by atoms with Crippen molar-refractivity contribution in [2.75, 3.05) is 24.8 Å². The zero-order chi connectivity index (χ0) is 26.7. The number of nitrogens with zero attached hydrogens (tertiary/aromatic N) is 6. The number of methoxy groups -OCH3 is 1. The molecule has 0 fully saturated rings. The zero-order valence-corrected chi connectivity index (χ0v) is 20.9. The predicted octanol–water partition coefficient (Wildman–Crippen LogP) is 3.70. The number of hydrogen-bond donors (Lipinski definition) is 4. The molecule has 36 heavy (non-hydrogen) atoms. The maximum absolute atomic E-state index is 12.0. The first-order valence-electron chi connectivity index (χ1n) is 9.41. The SMILES string of the molecule is COc1cc(/N=N/c2c(N)nc(SC)nc2N)c(S(=O)(=O)O)cc1/N=N/c1ccc(S(=O)(=O)O)cc1. The summed E-state index contributed by atoms with van der Waals surface area (Å²) in [6.07, 6.45) is 1.72. The van der Waals surface area contributed by atoms with E-state index in [9.17, 15) is 21.4 Å². The van der Waals surface area contributed by atoms with Crippen molar-refractivity contribution in [1.82, 2.24) is 9.97 Å². The first kappa shape index (κ1) is 26.9. The van der Waals surface area contributed by atoms with Crippen LogP contribution in [0.5, 0.6) is 5.75 Å². The molecule has 0 unspecified atom stereocenters. The summed E-state index contributed by atoms with van der Waals surface area (Å²) in [5.41, 5.74) is 11.3. The maximum Gasteiger partial charge on any atom is 0.296 e. The number of nitrogen functional groups attached to an aromatic ring is 2. The van der Waals surface area contributed by atoms with Crippen molar-refractivity contribution < 1.29 is 30.7 Å². The van der Waals surface area contributed by atoms with E-state index in [1.165, 1.54) is 31.0 Å². The molecule has 190 valence electrons. The summed E-state index contributed by atoms with van der Waals surface area (Å²) in [5.74, 6) is -0.188. The van der Waals surface area contributed by atoms with Gasteiger partial charge in [-0.2, -0.15) is 21.9 Å². The van der Waals surface area contributed by atoms with Crippen molar-refractivity contribution in [1.29, 1.82) is 0 Å². The highest BCUT2D eigenvalue weighted by Gasteiger charge is 2.21. The number of aromatic nitrogens is 2. The summed E-state index contributed by atoms with van der Waals surface area (Å²) in [6, 6.07) is 6.78. The summed E-state index contributed by atoms with van der Waals surface area (Å²) in [7, 11) is -7.94. The molecule has 0 aliphatic heterocycles. The topological polar surface area (TPSA) is 245 Å². The fourth-order valence-corrected chi connectivity index (χ4v) is 4.11. The van der Waals surface area contributed by atoms with E-state index in [0.29, 0.717) is 5.16 Å². The van der Waals surface area contributed by atoms with Crippen LogP contribution in [0, 0.1) is 0 Å². The lowest BCUT2D eigenvalue weighted by atomic mass is 10.2. The van der Waals surface area contributed by atoms with Gasteiger partial charge in [-0.1, -0.05) is 11.8 Å².